The van der Waals surface area contributed by atoms with E-state index >= 15 is 0 Å². The number of carbonyl (C=O) groups excluding carboxylic acids is 1. The third kappa shape index (κ3) is 4.91. The van der Waals surface area contributed by atoms with Crippen LogP contribution in [0, 0.1) is 10.5 Å². The van der Waals surface area contributed by atoms with Gasteiger partial charge >= 0.3 is 0 Å². The maximum absolute atomic E-state index is 11.9. The molecule has 100 valence electrons. The molecule has 18 heavy (non-hydrogen) atoms. The molecule has 0 aromatic heterocycles. The lowest BCUT2D eigenvalue weighted by Gasteiger charge is -2.09. The van der Waals surface area contributed by atoms with E-state index in [1.54, 1.807) is 7.11 Å². The smallest absolute Gasteiger partial charge is 0.252 e. The first-order valence-corrected chi connectivity index (χ1v) is 6.97. The van der Waals surface area contributed by atoms with Crippen molar-refractivity contribution in [2.45, 2.75) is 6.92 Å². The molecule has 0 aliphatic heterocycles. The van der Waals surface area contributed by atoms with Crippen molar-refractivity contribution in [1.29, 1.82) is 0 Å². The van der Waals surface area contributed by atoms with Gasteiger partial charge in [-0.25, -0.2) is 0 Å². The van der Waals surface area contributed by atoms with Gasteiger partial charge < -0.3 is 15.4 Å². The van der Waals surface area contributed by atoms with Crippen molar-refractivity contribution in [3.05, 3.63) is 32.9 Å². The summed E-state index contributed by atoms with van der Waals surface area (Å²) in [6.45, 7) is 4.85. The Morgan fingerprint density at radius 2 is 2.11 bits per heavy atom. The van der Waals surface area contributed by atoms with Crippen LogP contribution in [-0.2, 0) is 4.74 Å². The topological polar surface area (TPSA) is 50.4 Å². The molecule has 1 aromatic rings. The normalized spacial score (nSPS) is 10.4. The number of hydrogen-bond acceptors (Lipinski definition) is 3. The average molecular weight is 362 g/mol. The maximum Gasteiger partial charge on any atom is 0.252 e. The van der Waals surface area contributed by atoms with Gasteiger partial charge in [0.1, 0.15) is 0 Å². The minimum absolute atomic E-state index is 0.0170. The Kier molecular flexibility index (Phi) is 7.22. The molecule has 0 fully saturated rings. The Morgan fingerprint density at radius 1 is 1.33 bits per heavy atom. The lowest BCUT2D eigenvalue weighted by molar-refractivity contribution is 0.0952. The zero-order valence-electron chi connectivity index (χ0n) is 10.8. The van der Waals surface area contributed by atoms with Crippen molar-refractivity contribution in [2.75, 3.05) is 33.4 Å². The summed E-state index contributed by atoms with van der Waals surface area (Å²) in [6.07, 6.45) is 0. The molecule has 4 nitrogen and oxygen atoms in total. The van der Waals surface area contributed by atoms with E-state index in [9.17, 15) is 4.79 Å². The monoisotopic (exact) mass is 362 g/mol. The minimum Gasteiger partial charge on any atom is -0.383 e. The Morgan fingerprint density at radius 3 is 2.83 bits per heavy atom. The summed E-state index contributed by atoms with van der Waals surface area (Å²) in [5.41, 5.74) is 1.87. The molecule has 1 amide bonds. The van der Waals surface area contributed by atoms with Gasteiger partial charge in [0.2, 0.25) is 0 Å². The standard InChI is InChI=1S/C13H19IN2O2/c1-10-4-3-5-11(12(10)14)13(17)16-7-6-15-8-9-18-2/h3-5,15H,6-9H2,1-2H3,(H,16,17). The Hall–Kier alpha value is -0.660. The number of halogens is 1. The van der Waals surface area contributed by atoms with Crippen LogP contribution < -0.4 is 10.6 Å². The first kappa shape index (κ1) is 15.4. The second kappa shape index (κ2) is 8.44. The van der Waals surface area contributed by atoms with Crippen LogP contribution in [0.3, 0.4) is 0 Å². The fraction of sp³-hybridized carbons (Fsp3) is 0.462. The molecule has 5 heteroatoms. The molecule has 0 spiro atoms. The Balaban J connectivity index is 2.35. The summed E-state index contributed by atoms with van der Waals surface area (Å²) in [7, 11) is 1.67. The van der Waals surface area contributed by atoms with Crippen LogP contribution >= 0.6 is 22.6 Å². The van der Waals surface area contributed by atoms with E-state index in [4.69, 9.17) is 4.74 Å². The van der Waals surface area contributed by atoms with Crippen LogP contribution in [0.2, 0.25) is 0 Å². The summed E-state index contributed by atoms with van der Waals surface area (Å²) in [5, 5.41) is 6.07. The molecule has 0 atom stereocenters. The predicted octanol–water partition coefficient (Wildman–Crippen LogP) is 1.57. The van der Waals surface area contributed by atoms with E-state index in [2.05, 4.69) is 33.2 Å². The summed E-state index contributed by atoms with van der Waals surface area (Å²) < 4.78 is 5.93. The summed E-state index contributed by atoms with van der Waals surface area (Å²) in [6, 6.07) is 5.76. The van der Waals surface area contributed by atoms with Crippen LogP contribution in [-0.4, -0.2) is 39.3 Å². The number of methoxy groups -OCH3 is 1. The van der Waals surface area contributed by atoms with E-state index in [1.165, 1.54) is 0 Å². The van der Waals surface area contributed by atoms with Gasteiger partial charge in [-0.15, -0.1) is 0 Å². The molecule has 0 radical (unpaired) electrons. The quantitative estimate of drug-likeness (QED) is 0.572. The van der Waals surface area contributed by atoms with Gasteiger partial charge in [-0.3, -0.25) is 4.79 Å². The second-order valence-electron chi connectivity index (χ2n) is 3.94. The number of rotatable bonds is 7. The van der Waals surface area contributed by atoms with Crippen molar-refractivity contribution in [3.63, 3.8) is 0 Å². The molecule has 0 bridgehead atoms. The fourth-order valence-electron chi connectivity index (χ4n) is 1.48. The molecule has 1 rings (SSSR count). The summed E-state index contributed by atoms with van der Waals surface area (Å²) in [4.78, 5) is 11.9. The van der Waals surface area contributed by atoms with Gasteiger partial charge in [0, 0.05) is 30.3 Å². The van der Waals surface area contributed by atoms with E-state index < -0.39 is 0 Å². The highest BCUT2D eigenvalue weighted by atomic mass is 127. The highest BCUT2D eigenvalue weighted by Gasteiger charge is 2.09. The molecule has 0 aliphatic carbocycles. The van der Waals surface area contributed by atoms with Gasteiger partial charge in [-0.05, 0) is 41.1 Å². The number of aryl methyl sites for hydroxylation is 1. The molecule has 0 unspecified atom stereocenters. The van der Waals surface area contributed by atoms with Crippen LogP contribution in [0.1, 0.15) is 15.9 Å². The lowest BCUT2D eigenvalue weighted by Crippen LogP contribution is -2.33. The van der Waals surface area contributed by atoms with Crippen LogP contribution in [0.25, 0.3) is 0 Å². The number of benzene rings is 1. The van der Waals surface area contributed by atoms with Gasteiger partial charge in [-0.1, -0.05) is 12.1 Å². The SMILES string of the molecule is COCCNCCNC(=O)c1cccc(C)c1I. The van der Waals surface area contributed by atoms with Gasteiger partial charge in [0.15, 0.2) is 0 Å². The second-order valence-corrected chi connectivity index (χ2v) is 5.01. The minimum atomic E-state index is -0.0170. The van der Waals surface area contributed by atoms with Crippen LogP contribution in [0.5, 0.6) is 0 Å². The Labute approximate surface area is 122 Å². The summed E-state index contributed by atoms with van der Waals surface area (Å²) >= 11 is 2.21. The van der Waals surface area contributed by atoms with Gasteiger partial charge in [0.25, 0.3) is 5.91 Å². The number of hydrogen-bond donors (Lipinski definition) is 2. The fourth-order valence-corrected chi connectivity index (χ4v) is 2.09. The van der Waals surface area contributed by atoms with E-state index in [-0.39, 0.29) is 5.91 Å². The third-order valence-corrected chi connectivity index (χ3v) is 3.94. The number of amides is 1. The lowest BCUT2D eigenvalue weighted by atomic mass is 10.1. The molecular weight excluding hydrogens is 343 g/mol. The highest BCUT2D eigenvalue weighted by molar-refractivity contribution is 14.1. The predicted molar refractivity (Wildman–Crippen MR) is 81.0 cm³/mol. The zero-order valence-corrected chi connectivity index (χ0v) is 12.9. The van der Waals surface area contributed by atoms with Gasteiger partial charge in [0.05, 0.1) is 12.2 Å². The first-order chi connectivity index (χ1) is 8.66. The third-order valence-electron chi connectivity index (χ3n) is 2.51. The Bertz CT molecular complexity index is 397. The molecule has 2 N–H and O–H groups in total. The summed E-state index contributed by atoms with van der Waals surface area (Å²) in [5.74, 6) is -0.0170. The highest BCUT2D eigenvalue weighted by Crippen LogP contribution is 2.16. The van der Waals surface area contributed by atoms with E-state index in [0.29, 0.717) is 13.2 Å². The molecule has 0 saturated carbocycles. The molecule has 0 saturated heterocycles. The van der Waals surface area contributed by atoms with Crippen molar-refractivity contribution < 1.29 is 9.53 Å². The van der Waals surface area contributed by atoms with Crippen molar-refractivity contribution in [2.24, 2.45) is 0 Å². The first-order valence-electron chi connectivity index (χ1n) is 5.89. The van der Waals surface area contributed by atoms with Gasteiger partial charge in [-0.2, -0.15) is 0 Å². The van der Waals surface area contributed by atoms with Crippen molar-refractivity contribution in [3.8, 4) is 0 Å². The number of nitrogens with one attached hydrogen (secondary N) is 2. The number of carbonyl (C=O) groups is 1. The van der Waals surface area contributed by atoms with Crippen LogP contribution in [0.4, 0.5) is 0 Å². The van der Waals surface area contributed by atoms with Crippen LogP contribution in [0.15, 0.2) is 18.2 Å². The molecule has 0 aliphatic rings. The number of ether oxygens (including phenoxy) is 1. The molecule has 1 aromatic carbocycles. The molecule has 0 heterocycles. The van der Waals surface area contributed by atoms with Crippen molar-refractivity contribution in [1.82, 2.24) is 10.6 Å². The molecular formula is C13H19IN2O2. The van der Waals surface area contributed by atoms with E-state index in [0.717, 1.165) is 27.8 Å². The van der Waals surface area contributed by atoms with Crippen molar-refractivity contribution >= 4 is 28.5 Å². The average Bonchev–Trinajstić information content (AvgIpc) is 2.36. The van der Waals surface area contributed by atoms with E-state index in [1.807, 2.05) is 25.1 Å². The largest absolute Gasteiger partial charge is 0.383 e. The zero-order chi connectivity index (χ0) is 13.4. The maximum atomic E-state index is 11.9.